The van der Waals surface area contributed by atoms with Crippen molar-refractivity contribution in [2.45, 2.75) is 39.0 Å². The summed E-state index contributed by atoms with van der Waals surface area (Å²) >= 11 is 6.02. The normalized spacial score (nSPS) is 18.9. The maximum Gasteiger partial charge on any atom is 0.222 e. The number of hydrogen-bond acceptors (Lipinski definition) is 4. The van der Waals surface area contributed by atoms with Gasteiger partial charge in [-0.15, -0.1) is 0 Å². The number of nitrogens with zero attached hydrogens (tertiary/aromatic N) is 2. The lowest BCUT2D eigenvalue weighted by atomic mass is 9.76. The third kappa shape index (κ3) is 3.22. The summed E-state index contributed by atoms with van der Waals surface area (Å²) in [5, 5.41) is 3.83. The molecule has 5 heteroatoms. The Morgan fingerprint density at radius 1 is 1.41 bits per heavy atom. The highest BCUT2D eigenvalue weighted by atomic mass is 35.5. The molecule has 1 aromatic heterocycles. The molecule has 0 spiro atoms. The molecule has 2 rings (SSSR count). The minimum atomic E-state index is 0.255. The molecule has 4 nitrogen and oxygen atoms in total. The number of nitrogens with one attached hydrogen (secondary N) is 1. The van der Waals surface area contributed by atoms with E-state index in [1.54, 1.807) is 0 Å². The fourth-order valence-corrected chi connectivity index (χ4v) is 2.54. The zero-order chi connectivity index (χ0) is 12.3. The number of nitrogen functional groups attached to an aromatic ring is 1. The lowest BCUT2D eigenvalue weighted by molar-refractivity contribution is 0.233. The van der Waals surface area contributed by atoms with Crippen LogP contribution in [0.5, 0.6) is 0 Å². The summed E-state index contributed by atoms with van der Waals surface area (Å²) in [4.78, 5) is 7.96. The second-order valence-electron chi connectivity index (χ2n) is 5.15. The van der Waals surface area contributed by atoms with E-state index in [0.29, 0.717) is 16.3 Å². The quantitative estimate of drug-likeness (QED) is 0.870. The van der Waals surface area contributed by atoms with Crippen molar-refractivity contribution in [1.82, 2.24) is 9.97 Å². The highest BCUT2D eigenvalue weighted by molar-refractivity contribution is 6.32. The molecule has 0 atom stereocenters. The van der Waals surface area contributed by atoms with Gasteiger partial charge in [-0.2, -0.15) is 4.98 Å². The Balaban J connectivity index is 1.99. The number of anilines is 2. The average molecular weight is 255 g/mol. The van der Waals surface area contributed by atoms with Crippen molar-refractivity contribution in [1.29, 1.82) is 0 Å². The third-order valence-electron chi connectivity index (χ3n) is 3.51. The first kappa shape index (κ1) is 12.4. The molecule has 0 saturated heterocycles. The number of nitrogens with two attached hydrogens (primary N) is 1. The molecule has 0 aromatic carbocycles. The Morgan fingerprint density at radius 3 is 2.82 bits per heavy atom. The van der Waals surface area contributed by atoms with E-state index in [-0.39, 0.29) is 5.95 Å². The molecule has 17 heavy (non-hydrogen) atoms. The minimum absolute atomic E-state index is 0.255. The maximum atomic E-state index is 6.02. The first-order valence-corrected chi connectivity index (χ1v) is 6.49. The number of halogens is 1. The smallest absolute Gasteiger partial charge is 0.222 e. The molecule has 3 N–H and O–H groups in total. The van der Waals surface area contributed by atoms with Crippen LogP contribution in [-0.4, -0.2) is 16.5 Å². The zero-order valence-electron chi connectivity index (χ0n) is 10.2. The monoisotopic (exact) mass is 254 g/mol. The molecular formula is C12H19ClN4. The van der Waals surface area contributed by atoms with Crippen LogP contribution >= 0.6 is 11.6 Å². The molecule has 94 valence electrons. The van der Waals surface area contributed by atoms with Gasteiger partial charge in [0.2, 0.25) is 5.95 Å². The van der Waals surface area contributed by atoms with Crippen molar-refractivity contribution in [3.05, 3.63) is 11.2 Å². The number of hydrogen-bond donors (Lipinski definition) is 2. The molecule has 0 aliphatic heterocycles. The summed E-state index contributed by atoms with van der Waals surface area (Å²) in [6, 6.07) is 0. The SMILES string of the molecule is CC1(CNc2nc(N)ncc2Cl)CCCCC1. The predicted molar refractivity (Wildman–Crippen MR) is 71.1 cm³/mol. The molecule has 1 aliphatic carbocycles. The fourth-order valence-electron chi connectivity index (χ4n) is 2.38. The van der Waals surface area contributed by atoms with E-state index in [1.807, 2.05) is 0 Å². The van der Waals surface area contributed by atoms with Gasteiger partial charge in [0.1, 0.15) is 10.8 Å². The van der Waals surface area contributed by atoms with E-state index in [1.165, 1.54) is 38.3 Å². The van der Waals surface area contributed by atoms with E-state index >= 15 is 0 Å². The van der Waals surface area contributed by atoms with Crippen LogP contribution in [0.25, 0.3) is 0 Å². The maximum absolute atomic E-state index is 6.02. The fraction of sp³-hybridized carbons (Fsp3) is 0.667. The molecule has 1 saturated carbocycles. The van der Waals surface area contributed by atoms with Gasteiger partial charge in [0.15, 0.2) is 0 Å². The topological polar surface area (TPSA) is 63.8 Å². The first-order valence-electron chi connectivity index (χ1n) is 6.11. The van der Waals surface area contributed by atoms with Gasteiger partial charge in [0.25, 0.3) is 0 Å². The van der Waals surface area contributed by atoms with Crippen molar-refractivity contribution in [2.24, 2.45) is 5.41 Å². The summed E-state index contributed by atoms with van der Waals surface area (Å²) < 4.78 is 0. The van der Waals surface area contributed by atoms with Crippen LogP contribution in [0.15, 0.2) is 6.20 Å². The van der Waals surface area contributed by atoms with Crippen LogP contribution < -0.4 is 11.1 Å². The van der Waals surface area contributed by atoms with Gasteiger partial charge in [0.05, 0.1) is 6.20 Å². The predicted octanol–water partition coefficient (Wildman–Crippen LogP) is 3.09. The van der Waals surface area contributed by atoms with Crippen LogP contribution in [0, 0.1) is 5.41 Å². The van der Waals surface area contributed by atoms with E-state index in [4.69, 9.17) is 17.3 Å². The number of rotatable bonds is 3. The third-order valence-corrected chi connectivity index (χ3v) is 3.78. The van der Waals surface area contributed by atoms with Crippen molar-refractivity contribution in [3.8, 4) is 0 Å². The van der Waals surface area contributed by atoms with Gasteiger partial charge in [-0.05, 0) is 18.3 Å². The van der Waals surface area contributed by atoms with Crippen molar-refractivity contribution in [3.63, 3.8) is 0 Å². The molecule has 1 heterocycles. The van der Waals surface area contributed by atoms with Crippen molar-refractivity contribution < 1.29 is 0 Å². The standard InChI is InChI=1S/C12H19ClN4/c1-12(5-3-2-4-6-12)8-16-10-9(13)7-15-11(14)17-10/h7H,2-6,8H2,1H3,(H3,14,15,16,17). The van der Waals surface area contributed by atoms with Crippen LogP contribution in [0.3, 0.4) is 0 Å². The van der Waals surface area contributed by atoms with Gasteiger partial charge in [-0.1, -0.05) is 37.8 Å². The van der Waals surface area contributed by atoms with Crippen LogP contribution in [0.1, 0.15) is 39.0 Å². The molecule has 0 radical (unpaired) electrons. The Labute approximate surface area is 107 Å². The lowest BCUT2D eigenvalue weighted by Crippen LogP contribution is -2.29. The molecule has 0 bridgehead atoms. The summed E-state index contributed by atoms with van der Waals surface area (Å²) in [6.07, 6.45) is 8.05. The Morgan fingerprint density at radius 2 is 2.12 bits per heavy atom. The van der Waals surface area contributed by atoms with Gasteiger partial charge in [-0.25, -0.2) is 4.98 Å². The molecular weight excluding hydrogens is 236 g/mol. The summed E-state index contributed by atoms with van der Waals surface area (Å²) in [5.74, 6) is 0.900. The van der Waals surface area contributed by atoms with E-state index in [0.717, 1.165) is 6.54 Å². The highest BCUT2D eigenvalue weighted by Crippen LogP contribution is 2.36. The van der Waals surface area contributed by atoms with Gasteiger partial charge < -0.3 is 11.1 Å². The molecule has 1 aliphatic rings. The Bertz CT molecular complexity index is 388. The molecule has 1 aromatic rings. The lowest BCUT2D eigenvalue weighted by Gasteiger charge is -2.33. The first-order chi connectivity index (χ1) is 8.09. The van der Waals surface area contributed by atoms with Crippen LogP contribution in [-0.2, 0) is 0 Å². The van der Waals surface area contributed by atoms with Gasteiger partial charge in [0, 0.05) is 6.54 Å². The van der Waals surface area contributed by atoms with Crippen LogP contribution in [0.4, 0.5) is 11.8 Å². The summed E-state index contributed by atoms with van der Waals surface area (Å²) in [5.41, 5.74) is 5.90. The van der Waals surface area contributed by atoms with Crippen molar-refractivity contribution in [2.75, 3.05) is 17.6 Å². The van der Waals surface area contributed by atoms with Crippen molar-refractivity contribution >= 4 is 23.4 Å². The average Bonchev–Trinajstić information content (AvgIpc) is 2.31. The molecule has 0 unspecified atom stereocenters. The molecule has 1 fully saturated rings. The minimum Gasteiger partial charge on any atom is -0.368 e. The number of aromatic nitrogens is 2. The Kier molecular flexibility index (Phi) is 3.72. The van der Waals surface area contributed by atoms with Gasteiger partial charge >= 0.3 is 0 Å². The van der Waals surface area contributed by atoms with E-state index < -0.39 is 0 Å². The largest absolute Gasteiger partial charge is 0.368 e. The Hall–Kier alpha value is -1.03. The van der Waals surface area contributed by atoms with E-state index in [9.17, 15) is 0 Å². The van der Waals surface area contributed by atoms with Gasteiger partial charge in [-0.3, -0.25) is 0 Å². The van der Waals surface area contributed by atoms with Crippen LogP contribution in [0.2, 0.25) is 5.02 Å². The zero-order valence-corrected chi connectivity index (χ0v) is 10.9. The highest BCUT2D eigenvalue weighted by Gasteiger charge is 2.26. The summed E-state index contributed by atoms with van der Waals surface area (Å²) in [7, 11) is 0. The molecule has 0 amide bonds. The summed E-state index contributed by atoms with van der Waals surface area (Å²) in [6.45, 7) is 3.21. The van der Waals surface area contributed by atoms with E-state index in [2.05, 4.69) is 22.2 Å². The second-order valence-corrected chi connectivity index (χ2v) is 5.56. The second kappa shape index (κ2) is 5.08.